The van der Waals surface area contributed by atoms with Crippen molar-refractivity contribution in [2.75, 3.05) is 0 Å². The third-order valence-corrected chi connectivity index (χ3v) is 2.80. The summed E-state index contributed by atoms with van der Waals surface area (Å²) < 4.78 is 14.7. The van der Waals surface area contributed by atoms with E-state index in [0.29, 0.717) is 11.5 Å². The largest absolute Gasteiger partial charge is 0.292 e. The van der Waals surface area contributed by atoms with E-state index in [2.05, 4.69) is 4.98 Å². The van der Waals surface area contributed by atoms with E-state index in [1.54, 1.807) is 19.9 Å². The van der Waals surface area contributed by atoms with Gasteiger partial charge in [-0.05, 0) is 26.0 Å². The molecule has 0 radical (unpaired) electrons. The van der Waals surface area contributed by atoms with Crippen LogP contribution in [0.5, 0.6) is 0 Å². The minimum Gasteiger partial charge on any atom is -0.292 e. The molecular formula is C14H13FN2O2. The molecular weight excluding hydrogens is 247 g/mol. The van der Waals surface area contributed by atoms with Crippen molar-refractivity contribution in [3.8, 4) is 0 Å². The molecule has 0 unspecified atom stereocenters. The molecule has 1 aromatic carbocycles. The van der Waals surface area contributed by atoms with Crippen molar-refractivity contribution in [2.45, 2.75) is 20.4 Å². The monoisotopic (exact) mass is 260 g/mol. The molecule has 0 saturated heterocycles. The first-order valence-electron chi connectivity index (χ1n) is 5.82. The van der Waals surface area contributed by atoms with Gasteiger partial charge in [0.05, 0.1) is 12.1 Å². The van der Waals surface area contributed by atoms with Gasteiger partial charge in [-0.15, -0.1) is 0 Å². The lowest BCUT2D eigenvalue weighted by Gasteiger charge is -2.09. The highest BCUT2D eigenvalue weighted by Crippen LogP contribution is 2.08. The van der Waals surface area contributed by atoms with Crippen molar-refractivity contribution in [2.24, 2.45) is 0 Å². The molecule has 1 aromatic heterocycles. The summed E-state index contributed by atoms with van der Waals surface area (Å²) in [5.74, 6) is -0.595. The van der Waals surface area contributed by atoms with Gasteiger partial charge in [0.1, 0.15) is 11.6 Å². The lowest BCUT2D eigenvalue weighted by molar-refractivity contribution is 0.0965. The van der Waals surface area contributed by atoms with Crippen LogP contribution in [0.4, 0.5) is 4.39 Å². The van der Waals surface area contributed by atoms with Gasteiger partial charge in [-0.25, -0.2) is 9.37 Å². The first-order chi connectivity index (χ1) is 8.99. The Morgan fingerprint density at radius 1 is 1.32 bits per heavy atom. The van der Waals surface area contributed by atoms with Gasteiger partial charge in [-0.1, -0.05) is 12.1 Å². The second-order valence-corrected chi connectivity index (χ2v) is 4.27. The van der Waals surface area contributed by atoms with Crippen LogP contribution >= 0.6 is 0 Å². The molecule has 0 aliphatic rings. The van der Waals surface area contributed by atoms with Gasteiger partial charge < -0.3 is 0 Å². The SMILES string of the molecule is Cc1cc(=O)n(CC(=O)c2ccccc2F)c(C)n1. The summed E-state index contributed by atoms with van der Waals surface area (Å²) >= 11 is 0. The van der Waals surface area contributed by atoms with Crippen LogP contribution in [0.3, 0.4) is 0 Å². The predicted molar refractivity (Wildman–Crippen MR) is 68.7 cm³/mol. The number of aromatic nitrogens is 2. The van der Waals surface area contributed by atoms with Gasteiger partial charge in [-0.3, -0.25) is 14.2 Å². The number of aryl methyl sites for hydroxylation is 2. The first-order valence-corrected chi connectivity index (χ1v) is 5.82. The maximum atomic E-state index is 13.5. The molecule has 0 aliphatic heterocycles. The number of benzene rings is 1. The minimum atomic E-state index is -0.585. The Bertz CT molecular complexity index is 692. The Hall–Kier alpha value is -2.30. The molecule has 0 fully saturated rings. The van der Waals surface area contributed by atoms with E-state index in [0.717, 1.165) is 0 Å². The van der Waals surface area contributed by atoms with E-state index in [1.807, 2.05) is 0 Å². The van der Waals surface area contributed by atoms with Gasteiger partial charge in [-0.2, -0.15) is 0 Å². The number of carbonyl (C=O) groups excluding carboxylic acids is 1. The standard InChI is InChI=1S/C14H13FN2O2/c1-9-7-14(19)17(10(2)16-9)8-13(18)11-5-3-4-6-12(11)15/h3-7H,8H2,1-2H3. The van der Waals surface area contributed by atoms with Crippen molar-refractivity contribution >= 4 is 5.78 Å². The number of hydrogen-bond donors (Lipinski definition) is 0. The Morgan fingerprint density at radius 2 is 2.00 bits per heavy atom. The Labute approximate surface area is 109 Å². The molecule has 0 bridgehead atoms. The van der Waals surface area contributed by atoms with Gasteiger partial charge >= 0.3 is 0 Å². The molecule has 19 heavy (non-hydrogen) atoms. The number of carbonyl (C=O) groups is 1. The summed E-state index contributed by atoms with van der Waals surface area (Å²) in [5, 5.41) is 0. The number of Topliss-reactive ketones (excluding diaryl/α,β-unsaturated/α-hetero) is 1. The van der Waals surface area contributed by atoms with Crippen molar-refractivity contribution < 1.29 is 9.18 Å². The lowest BCUT2D eigenvalue weighted by atomic mass is 10.1. The van der Waals surface area contributed by atoms with E-state index < -0.39 is 11.6 Å². The Morgan fingerprint density at radius 3 is 2.63 bits per heavy atom. The number of hydrogen-bond acceptors (Lipinski definition) is 3. The smallest absolute Gasteiger partial charge is 0.254 e. The van der Waals surface area contributed by atoms with E-state index in [1.165, 1.54) is 28.8 Å². The fourth-order valence-electron chi connectivity index (χ4n) is 1.87. The Balaban J connectivity index is 2.35. The minimum absolute atomic E-state index is 0.0191. The average Bonchev–Trinajstić information content (AvgIpc) is 2.34. The molecule has 0 N–H and O–H groups in total. The fourth-order valence-corrected chi connectivity index (χ4v) is 1.87. The molecule has 0 amide bonds. The third kappa shape index (κ3) is 2.76. The van der Waals surface area contributed by atoms with Gasteiger partial charge in [0.25, 0.3) is 5.56 Å². The van der Waals surface area contributed by atoms with Gasteiger partial charge in [0.2, 0.25) is 0 Å². The van der Waals surface area contributed by atoms with Crippen molar-refractivity contribution in [3.63, 3.8) is 0 Å². The Kier molecular flexibility index (Phi) is 3.55. The predicted octanol–water partition coefficient (Wildman–Crippen LogP) is 1.88. The quantitative estimate of drug-likeness (QED) is 0.792. The molecule has 0 aliphatic carbocycles. The number of nitrogens with zero attached hydrogens (tertiary/aromatic N) is 2. The molecule has 2 aromatic rings. The molecule has 0 spiro atoms. The maximum absolute atomic E-state index is 13.5. The van der Waals surface area contributed by atoms with Gasteiger partial charge in [0.15, 0.2) is 5.78 Å². The van der Waals surface area contributed by atoms with Crippen LogP contribution in [0.15, 0.2) is 35.1 Å². The van der Waals surface area contributed by atoms with Crippen LogP contribution in [0, 0.1) is 19.7 Å². The number of rotatable bonds is 3. The molecule has 2 rings (SSSR count). The van der Waals surface area contributed by atoms with E-state index in [9.17, 15) is 14.0 Å². The van der Waals surface area contributed by atoms with Crippen LogP contribution in [0.1, 0.15) is 21.9 Å². The molecule has 5 heteroatoms. The lowest BCUT2D eigenvalue weighted by Crippen LogP contribution is -2.27. The molecule has 0 saturated carbocycles. The first kappa shape index (κ1) is 13.1. The van der Waals surface area contributed by atoms with Crippen molar-refractivity contribution in [3.05, 3.63) is 63.6 Å². The molecule has 4 nitrogen and oxygen atoms in total. The topological polar surface area (TPSA) is 52.0 Å². The summed E-state index contributed by atoms with van der Waals surface area (Å²) in [6.07, 6.45) is 0. The average molecular weight is 260 g/mol. The number of ketones is 1. The summed E-state index contributed by atoms with van der Waals surface area (Å²) in [5.41, 5.74) is 0.265. The zero-order chi connectivity index (χ0) is 14.0. The highest BCUT2D eigenvalue weighted by Gasteiger charge is 2.13. The van der Waals surface area contributed by atoms with Crippen LogP contribution in [-0.2, 0) is 6.54 Å². The highest BCUT2D eigenvalue weighted by molar-refractivity contribution is 5.96. The van der Waals surface area contributed by atoms with Crippen molar-refractivity contribution in [1.82, 2.24) is 9.55 Å². The van der Waals surface area contributed by atoms with Crippen LogP contribution < -0.4 is 5.56 Å². The molecule has 98 valence electrons. The third-order valence-electron chi connectivity index (χ3n) is 2.80. The summed E-state index contributed by atoms with van der Waals surface area (Å²) in [6, 6.07) is 7.06. The summed E-state index contributed by atoms with van der Waals surface area (Å²) in [7, 11) is 0. The summed E-state index contributed by atoms with van der Waals surface area (Å²) in [6.45, 7) is 3.14. The van der Waals surface area contributed by atoms with Crippen LogP contribution in [-0.4, -0.2) is 15.3 Å². The number of halogens is 1. The molecule has 1 heterocycles. The van der Waals surface area contributed by atoms with Crippen molar-refractivity contribution in [1.29, 1.82) is 0 Å². The fraction of sp³-hybridized carbons (Fsp3) is 0.214. The van der Waals surface area contributed by atoms with E-state index in [-0.39, 0.29) is 17.7 Å². The molecule has 0 atom stereocenters. The zero-order valence-corrected chi connectivity index (χ0v) is 10.7. The summed E-state index contributed by atoms with van der Waals surface area (Å²) in [4.78, 5) is 27.9. The van der Waals surface area contributed by atoms with Crippen LogP contribution in [0.25, 0.3) is 0 Å². The zero-order valence-electron chi connectivity index (χ0n) is 10.7. The van der Waals surface area contributed by atoms with E-state index in [4.69, 9.17) is 0 Å². The van der Waals surface area contributed by atoms with E-state index >= 15 is 0 Å². The normalized spacial score (nSPS) is 10.5. The van der Waals surface area contributed by atoms with Crippen LogP contribution in [0.2, 0.25) is 0 Å². The van der Waals surface area contributed by atoms with Gasteiger partial charge in [0, 0.05) is 11.8 Å². The highest BCUT2D eigenvalue weighted by atomic mass is 19.1. The second-order valence-electron chi connectivity index (χ2n) is 4.27. The maximum Gasteiger partial charge on any atom is 0.254 e. The second kappa shape index (κ2) is 5.14.